The fourth-order valence-electron chi connectivity index (χ4n) is 2.19. The van der Waals surface area contributed by atoms with E-state index >= 15 is 0 Å². The van der Waals surface area contributed by atoms with Crippen LogP contribution >= 0.6 is 11.6 Å². The zero-order valence-corrected chi connectivity index (χ0v) is 12.5. The number of benzene rings is 2. The first-order chi connectivity index (χ1) is 10.2. The third-order valence-electron chi connectivity index (χ3n) is 3.37. The molecule has 1 unspecified atom stereocenters. The van der Waals surface area contributed by atoms with Crippen LogP contribution in [-0.4, -0.2) is 15.0 Å². The standard InChI is InChI=1S/C17H16ClN3/c1-13(18)17-12-21(20-19-17)11-14-7-9-16(10-8-14)15-5-3-2-4-6-15/h2-10,12-13H,11H2,1H3. The van der Waals surface area contributed by atoms with Crippen molar-refractivity contribution in [2.75, 3.05) is 0 Å². The average Bonchev–Trinajstić information content (AvgIpc) is 2.98. The van der Waals surface area contributed by atoms with E-state index in [9.17, 15) is 0 Å². The van der Waals surface area contributed by atoms with E-state index in [2.05, 4.69) is 46.7 Å². The van der Waals surface area contributed by atoms with Gasteiger partial charge >= 0.3 is 0 Å². The summed E-state index contributed by atoms with van der Waals surface area (Å²) in [6, 6.07) is 18.8. The van der Waals surface area contributed by atoms with Crippen LogP contribution in [0.5, 0.6) is 0 Å². The molecule has 0 saturated heterocycles. The smallest absolute Gasteiger partial charge is 0.100 e. The summed E-state index contributed by atoms with van der Waals surface area (Å²) in [6.45, 7) is 2.59. The first-order valence-corrected chi connectivity index (χ1v) is 7.34. The molecule has 1 aromatic heterocycles. The number of rotatable bonds is 4. The van der Waals surface area contributed by atoms with Crippen molar-refractivity contribution in [1.29, 1.82) is 0 Å². The molecule has 21 heavy (non-hydrogen) atoms. The van der Waals surface area contributed by atoms with Crippen molar-refractivity contribution in [2.45, 2.75) is 18.8 Å². The summed E-state index contributed by atoms with van der Waals surface area (Å²) in [4.78, 5) is 0. The Kier molecular flexibility index (Phi) is 4.02. The van der Waals surface area contributed by atoms with E-state index < -0.39 is 0 Å². The molecule has 0 N–H and O–H groups in total. The highest BCUT2D eigenvalue weighted by atomic mass is 35.5. The van der Waals surface area contributed by atoms with Gasteiger partial charge in [0, 0.05) is 0 Å². The van der Waals surface area contributed by atoms with Crippen LogP contribution in [0, 0.1) is 0 Å². The summed E-state index contributed by atoms with van der Waals surface area (Å²) in [5, 5.41) is 8.04. The van der Waals surface area contributed by atoms with Crippen LogP contribution < -0.4 is 0 Å². The molecule has 3 aromatic rings. The van der Waals surface area contributed by atoms with Gasteiger partial charge in [0.1, 0.15) is 5.69 Å². The molecule has 106 valence electrons. The third-order valence-corrected chi connectivity index (χ3v) is 3.59. The minimum absolute atomic E-state index is 0.112. The van der Waals surface area contributed by atoms with Crippen molar-refractivity contribution in [1.82, 2.24) is 15.0 Å². The molecular weight excluding hydrogens is 282 g/mol. The van der Waals surface area contributed by atoms with Gasteiger partial charge in [-0.05, 0) is 23.6 Å². The highest BCUT2D eigenvalue weighted by Crippen LogP contribution is 2.20. The number of hydrogen-bond donors (Lipinski definition) is 0. The zero-order valence-electron chi connectivity index (χ0n) is 11.8. The molecule has 0 bridgehead atoms. The first kappa shape index (κ1) is 13.8. The van der Waals surface area contributed by atoms with Crippen LogP contribution in [0.25, 0.3) is 11.1 Å². The van der Waals surface area contributed by atoms with Crippen molar-refractivity contribution in [3.05, 3.63) is 72.1 Å². The maximum absolute atomic E-state index is 5.99. The number of halogens is 1. The summed E-state index contributed by atoms with van der Waals surface area (Å²) >= 11 is 5.99. The minimum Gasteiger partial charge on any atom is -0.248 e. The Morgan fingerprint density at radius 2 is 1.67 bits per heavy atom. The maximum atomic E-state index is 5.99. The molecule has 0 spiro atoms. The summed E-state index contributed by atoms with van der Waals surface area (Å²) in [5.74, 6) is 0. The van der Waals surface area contributed by atoms with Crippen LogP contribution in [-0.2, 0) is 6.54 Å². The lowest BCUT2D eigenvalue weighted by Gasteiger charge is -2.04. The minimum atomic E-state index is -0.112. The molecule has 0 aliphatic rings. The Morgan fingerprint density at radius 1 is 1.00 bits per heavy atom. The fraction of sp³-hybridized carbons (Fsp3) is 0.176. The summed E-state index contributed by atoms with van der Waals surface area (Å²) < 4.78 is 1.81. The van der Waals surface area contributed by atoms with Gasteiger partial charge in [-0.15, -0.1) is 16.7 Å². The monoisotopic (exact) mass is 297 g/mol. The van der Waals surface area contributed by atoms with E-state index in [4.69, 9.17) is 11.6 Å². The van der Waals surface area contributed by atoms with Gasteiger partial charge in [-0.2, -0.15) is 0 Å². The Balaban J connectivity index is 1.75. The van der Waals surface area contributed by atoms with Crippen molar-refractivity contribution in [3.63, 3.8) is 0 Å². The first-order valence-electron chi connectivity index (χ1n) is 6.91. The van der Waals surface area contributed by atoms with Crippen LogP contribution in [0.4, 0.5) is 0 Å². The highest BCUT2D eigenvalue weighted by Gasteiger charge is 2.07. The van der Waals surface area contributed by atoms with E-state index in [1.807, 2.05) is 36.0 Å². The molecule has 4 heteroatoms. The van der Waals surface area contributed by atoms with Gasteiger partial charge in [-0.1, -0.05) is 59.8 Å². The van der Waals surface area contributed by atoms with Crippen LogP contribution in [0.2, 0.25) is 0 Å². The number of alkyl halides is 1. The molecule has 0 radical (unpaired) electrons. The van der Waals surface area contributed by atoms with Gasteiger partial charge in [-0.25, -0.2) is 4.68 Å². The van der Waals surface area contributed by atoms with E-state index in [1.165, 1.54) is 16.7 Å². The normalized spacial score (nSPS) is 12.3. The molecular formula is C17H16ClN3. The Labute approximate surface area is 129 Å². The van der Waals surface area contributed by atoms with Gasteiger partial charge in [0.2, 0.25) is 0 Å². The lowest BCUT2D eigenvalue weighted by atomic mass is 10.0. The molecule has 0 aliphatic heterocycles. The summed E-state index contributed by atoms with van der Waals surface area (Å²) in [5.41, 5.74) is 4.43. The number of aromatic nitrogens is 3. The average molecular weight is 298 g/mol. The molecule has 0 fully saturated rings. The van der Waals surface area contributed by atoms with Crippen molar-refractivity contribution < 1.29 is 0 Å². The summed E-state index contributed by atoms with van der Waals surface area (Å²) in [7, 11) is 0. The van der Waals surface area contributed by atoms with E-state index in [-0.39, 0.29) is 5.38 Å². The fourth-order valence-corrected chi connectivity index (χ4v) is 2.29. The molecule has 3 nitrogen and oxygen atoms in total. The van der Waals surface area contributed by atoms with Crippen molar-refractivity contribution in [3.8, 4) is 11.1 Å². The Morgan fingerprint density at radius 3 is 2.29 bits per heavy atom. The van der Waals surface area contributed by atoms with Crippen LogP contribution in [0.15, 0.2) is 60.8 Å². The van der Waals surface area contributed by atoms with Crippen LogP contribution in [0.3, 0.4) is 0 Å². The summed E-state index contributed by atoms with van der Waals surface area (Å²) in [6.07, 6.45) is 1.89. The van der Waals surface area contributed by atoms with E-state index in [0.29, 0.717) is 6.54 Å². The largest absolute Gasteiger partial charge is 0.248 e. The van der Waals surface area contributed by atoms with Crippen molar-refractivity contribution in [2.24, 2.45) is 0 Å². The lowest BCUT2D eigenvalue weighted by molar-refractivity contribution is 0.649. The van der Waals surface area contributed by atoms with Gasteiger partial charge in [0.25, 0.3) is 0 Å². The second kappa shape index (κ2) is 6.10. The molecule has 0 aliphatic carbocycles. The number of hydrogen-bond acceptors (Lipinski definition) is 2. The molecule has 2 aromatic carbocycles. The topological polar surface area (TPSA) is 30.7 Å². The Hall–Kier alpha value is -2.13. The van der Waals surface area contributed by atoms with E-state index in [1.54, 1.807) is 0 Å². The molecule has 0 saturated carbocycles. The van der Waals surface area contributed by atoms with Crippen LogP contribution in [0.1, 0.15) is 23.6 Å². The SMILES string of the molecule is CC(Cl)c1cn(Cc2ccc(-c3ccccc3)cc2)nn1. The highest BCUT2D eigenvalue weighted by molar-refractivity contribution is 6.20. The lowest BCUT2D eigenvalue weighted by Crippen LogP contribution is -2.00. The van der Waals surface area contributed by atoms with Gasteiger partial charge < -0.3 is 0 Å². The Bertz CT molecular complexity index is 702. The quantitative estimate of drug-likeness (QED) is 0.672. The van der Waals surface area contributed by atoms with E-state index in [0.717, 1.165) is 5.69 Å². The molecule has 0 amide bonds. The van der Waals surface area contributed by atoms with Gasteiger partial charge in [0.05, 0.1) is 18.1 Å². The second-order valence-electron chi connectivity index (χ2n) is 5.02. The number of nitrogens with zero attached hydrogens (tertiary/aromatic N) is 3. The predicted octanol–water partition coefficient (Wildman–Crippen LogP) is 4.29. The predicted molar refractivity (Wildman–Crippen MR) is 85.3 cm³/mol. The zero-order chi connectivity index (χ0) is 14.7. The molecule has 1 atom stereocenters. The maximum Gasteiger partial charge on any atom is 0.100 e. The van der Waals surface area contributed by atoms with Gasteiger partial charge in [-0.3, -0.25) is 0 Å². The molecule has 3 rings (SSSR count). The van der Waals surface area contributed by atoms with Crippen molar-refractivity contribution >= 4 is 11.6 Å². The molecule has 1 heterocycles. The van der Waals surface area contributed by atoms with Gasteiger partial charge in [0.15, 0.2) is 0 Å². The third kappa shape index (κ3) is 3.31. The second-order valence-corrected chi connectivity index (χ2v) is 5.67.